The number of nitrogens with one attached hydrogen (secondary N) is 1. The summed E-state index contributed by atoms with van der Waals surface area (Å²) < 4.78 is 12.4. The van der Waals surface area contributed by atoms with Crippen molar-refractivity contribution in [3.63, 3.8) is 0 Å². The molecule has 3 heteroatoms. The molecule has 1 aliphatic heterocycles. The maximum absolute atomic E-state index is 12.4. The van der Waals surface area contributed by atoms with Crippen LogP contribution in [0.1, 0.15) is 27.2 Å². The molecular formula is C11H23FN2. The number of hydrogen-bond donors (Lipinski definition) is 1. The predicted molar refractivity (Wildman–Crippen MR) is 58.3 cm³/mol. The molecule has 0 saturated carbocycles. The van der Waals surface area contributed by atoms with Gasteiger partial charge in [-0.15, -0.1) is 0 Å². The van der Waals surface area contributed by atoms with Crippen molar-refractivity contribution in [1.29, 1.82) is 0 Å². The van der Waals surface area contributed by atoms with Crippen molar-refractivity contribution in [2.24, 2.45) is 5.92 Å². The highest BCUT2D eigenvalue weighted by Crippen LogP contribution is 2.14. The van der Waals surface area contributed by atoms with Crippen LogP contribution >= 0.6 is 0 Å². The van der Waals surface area contributed by atoms with Gasteiger partial charge in [-0.05, 0) is 19.3 Å². The minimum absolute atomic E-state index is 0.221. The zero-order chi connectivity index (χ0) is 10.6. The highest BCUT2D eigenvalue weighted by molar-refractivity contribution is 4.84. The van der Waals surface area contributed by atoms with Crippen LogP contribution in [-0.2, 0) is 0 Å². The van der Waals surface area contributed by atoms with Crippen molar-refractivity contribution in [2.45, 2.75) is 39.3 Å². The third-order valence-electron chi connectivity index (χ3n) is 2.84. The standard InChI is InChI=1S/C11H23FN2/c1-9(2)6-11-7-13-10(3)8-14(11)5-4-12/h9-11,13H,4-8H2,1-3H3. The maximum atomic E-state index is 12.4. The summed E-state index contributed by atoms with van der Waals surface area (Å²) in [6.45, 7) is 9.00. The largest absolute Gasteiger partial charge is 0.311 e. The maximum Gasteiger partial charge on any atom is 0.102 e. The molecule has 2 nitrogen and oxygen atoms in total. The summed E-state index contributed by atoms with van der Waals surface area (Å²) in [6.07, 6.45) is 1.17. The van der Waals surface area contributed by atoms with Crippen LogP contribution in [0.4, 0.5) is 4.39 Å². The third-order valence-corrected chi connectivity index (χ3v) is 2.84. The Balaban J connectivity index is 2.44. The summed E-state index contributed by atoms with van der Waals surface area (Å²) in [7, 11) is 0. The van der Waals surface area contributed by atoms with Gasteiger partial charge in [0.25, 0.3) is 0 Å². The van der Waals surface area contributed by atoms with E-state index < -0.39 is 0 Å². The molecule has 0 bridgehead atoms. The fourth-order valence-corrected chi connectivity index (χ4v) is 2.19. The number of alkyl halides is 1. The molecule has 0 spiro atoms. The Kier molecular flexibility index (Phi) is 4.82. The molecule has 1 aliphatic rings. The second-order valence-electron chi connectivity index (χ2n) is 4.78. The minimum Gasteiger partial charge on any atom is -0.311 e. The van der Waals surface area contributed by atoms with Crippen LogP contribution in [0, 0.1) is 5.92 Å². The molecule has 84 valence electrons. The van der Waals surface area contributed by atoms with Gasteiger partial charge in [-0.25, -0.2) is 4.39 Å². The summed E-state index contributed by atoms with van der Waals surface area (Å²) >= 11 is 0. The molecule has 0 amide bonds. The quantitative estimate of drug-likeness (QED) is 0.746. The van der Waals surface area contributed by atoms with Crippen molar-refractivity contribution in [1.82, 2.24) is 10.2 Å². The van der Waals surface area contributed by atoms with E-state index >= 15 is 0 Å². The van der Waals surface area contributed by atoms with Crippen molar-refractivity contribution in [3.8, 4) is 0 Å². The highest BCUT2D eigenvalue weighted by atomic mass is 19.1. The summed E-state index contributed by atoms with van der Waals surface area (Å²) in [5.74, 6) is 0.692. The van der Waals surface area contributed by atoms with Gasteiger partial charge in [0, 0.05) is 31.7 Å². The molecule has 14 heavy (non-hydrogen) atoms. The Morgan fingerprint density at radius 2 is 2.21 bits per heavy atom. The first-order chi connectivity index (χ1) is 6.63. The first-order valence-corrected chi connectivity index (χ1v) is 5.67. The van der Waals surface area contributed by atoms with Crippen LogP contribution < -0.4 is 5.32 Å². The number of piperazine rings is 1. The van der Waals surface area contributed by atoms with Crippen molar-refractivity contribution in [3.05, 3.63) is 0 Å². The Labute approximate surface area is 86.9 Å². The molecule has 1 saturated heterocycles. The van der Waals surface area contributed by atoms with Crippen LogP contribution in [0.15, 0.2) is 0 Å². The second-order valence-corrected chi connectivity index (χ2v) is 4.78. The normalized spacial score (nSPS) is 29.8. The van der Waals surface area contributed by atoms with Crippen LogP contribution in [0.5, 0.6) is 0 Å². The zero-order valence-corrected chi connectivity index (χ0v) is 9.59. The van der Waals surface area contributed by atoms with Crippen LogP contribution in [-0.4, -0.2) is 43.3 Å². The van der Waals surface area contributed by atoms with Crippen molar-refractivity contribution in [2.75, 3.05) is 26.3 Å². The number of halogens is 1. The number of nitrogens with zero attached hydrogens (tertiary/aromatic N) is 1. The fraction of sp³-hybridized carbons (Fsp3) is 1.00. The molecule has 0 radical (unpaired) electrons. The van der Waals surface area contributed by atoms with E-state index in [1.165, 1.54) is 6.42 Å². The van der Waals surface area contributed by atoms with Crippen molar-refractivity contribution < 1.29 is 4.39 Å². The molecule has 0 aromatic rings. The van der Waals surface area contributed by atoms with Crippen LogP contribution in [0.2, 0.25) is 0 Å². The first-order valence-electron chi connectivity index (χ1n) is 5.67. The Morgan fingerprint density at radius 1 is 1.50 bits per heavy atom. The van der Waals surface area contributed by atoms with E-state index in [0.29, 0.717) is 24.5 Å². The lowest BCUT2D eigenvalue weighted by Crippen LogP contribution is -2.56. The third kappa shape index (κ3) is 3.54. The van der Waals surface area contributed by atoms with Gasteiger partial charge >= 0.3 is 0 Å². The summed E-state index contributed by atoms with van der Waals surface area (Å²) in [4.78, 5) is 2.29. The Bertz CT molecular complexity index is 159. The topological polar surface area (TPSA) is 15.3 Å². The molecule has 1 heterocycles. The lowest BCUT2D eigenvalue weighted by molar-refractivity contribution is 0.111. The SMILES string of the molecule is CC(C)CC1CNC(C)CN1CCF. The lowest BCUT2D eigenvalue weighted by Gasteiger charge is -2.39. The van der Waals surface area contributed by atoms with Gasteiger partial charge in [0.1, 0.15) is 6.67 Å². The van der Waals surface area contributed by atoms with E-state index in [1.54, 1.807) is 0 Å². The molecule has 0 aromatic heterocycles. The molecule has 1 N–H and O–H groups in total. The average Bonchev–Trinajstić information content (AvgIpc) is 2.09. The van der Waals surface area contributed by atoms with E-state index in [9.17, 15) is 4.39 Å². The van der Waals surface area contributed by atoms with E-state index in [1.807, 2.05) is 0 Å². The van der Waals surface area contributed by atoms with E-state index in [2.05, 4.69) is 31.0 Å². The van der Waals surface area contributed by atoms with Crippen LogP contribution in [0.3, 0.4) is 0 Å². The van der Waals surface area contributed by atoms with Crippen LogP contribution in [0.25, 0.3) is 0 Å². The molecular weight excluding hydrogens is 179 g/mol. The van der Waals surface area contributed by atoms with Gasteiger partial charge in [-0.3, -0.25) is 4.90 Å². The van der Waals surface area contributed by atoms with E-state index in [4.69, 9.17) is 0 Å². The zero-order valence-electron chi connectivity index (χ0n) is 9.59. The Morgan fingerprint density at radius 3 is 2.79 bits per heavy atom. The summed E-state index contributed by atoms with van der Waals surface area (Å²) in [6, 6.07) is 1.03. The van der Waals surface area contributed by atoms with Gasteiger partial charge < -0.3 is 5.32 Å². The van der Waals surface area contributed by atoms with Gasteiger partial charge in [-0.1, -0.05) is 13.8 Å². The molecule has 2 unspecified atom stereocenters. The monoisotopic (exact) mass is 202 g/mol. The summed E-state index contributed by atoms with van der Waals surface area (Å²) in [5.41, 5.74) is 0. The van der Waals surface area contributed by atoms with E-state index in [-0.39, 0.29) is 6.67 Å². The van der Waals surface area contributed by atoms with Gasteiger partial charge in [0.05, 0.1) is 0 Å². The van der Waals surface area contributed by atoms with Gasteiger partial charge in [0.2, 0.25) is 0 Å². The lowest BCUT2D eigenvalue weighted by atomic mass is 9.99. The minimum atomic E-state index is -0.221. The molecule has 2 atom stereocenters. The molecule has 1 fully saturated rings. The fourth-order valence-electron chi connectivity index (χ4n) is 2.19. The van der Waals surface area contributed by atoms with Gasteiger partial charge in [0.15, 0.2) is 0 Å². The van der Waals surface area contributed by atoms with E-state index in [0.717, 1.165) is 13.1 Å². The van der Waals surface area contributed by atoms with Crippen molar-refractivity contribution >= 4 is 0 Å². The summed E-state index contributed by atoms with van der Waals surface area (Å²) in [5, 5.41) is 3.46. The number of rotatable bonds is 4. The molecule has 1 rings (SSSR count). The average molecular weight is 202 g/mol. The second kappa shape index (κ2) is 5.66. The number of hydrogen-bond acceptors (Lipinski definition) is 2. The van der Waals surface area contributed by atoms with Gasteiger partial charge in [-0.2, -0.15) is 0 Å². The molecule has 0 aromatic carbocycles. The highest BCUT2D eigenvalue weighted by Gasteiger charge is 2.25. The Hall–Kier alpha value is -0.150. The first kappa shape index (κ1) is 11.9. The molecule has 0 aliphatic carbocycles. The predicted octanol–water partition coefficient (Wildman–Crippen LogP) is 1.66. The smallest absolute Gasteiger partial charge is 0.102 e.